The lowest BCUT2D eigenvalue weighted by Crippen LogP contribution is -2.27. The number of carbonyl (C=O) groups excluding carboxylic acids is 1. The predicted molar refractivity (Wildman–Crippen MR) is 72.6 cm³/mol. The van der Waals surface area contributed by atoms with Crippen LogP contribution in [0, 0.1) is 0 Å². The number of hydrogen-bond donors (Lipinski definition) is 2. The van der Waals surface area contributed by atoms with Gasteiger partial charge in [0, 0.05) is 12.1 Å². The zero-order valence-corrected chi connectivity index (χ0v) is 10.9. The molecule has 1 aromatic rings. The van der Waals surface area contributed by atoms with E-state index >= 15 is 0 Å². The maximum absolute atomic E-state index is 11.8. The molecule has 0 atom stereocenters. The molecule has 0 saturated carbocycles. The lowest BCUT2D eigenvalue weighted by molar-refractivity contribution is 0.0944. The monoisotopic (exact) mass is 253 g/mol. The van der Waals surface area contributed by atoms with Gasteiger partial charge in [0.25, 0.3) is 5.91 Å². The summed E-state index contributed by atoms with van der Waals surface area (Å²) in [5.41, 5.74) is 1.80. The molecule has 0 aliphatic carbocycles. The fourth-order valence-electron chi connectivity index (χ4n) is 1.63. The Labute approximate surface area is 107 Å². The molecule has 0 aliphatic rings. The van der Waals surface area contributed by atoms with Gasteiger partial charge in [-0.3, -0.25) is 4.79 Å². The second-order valence-corrected chi connectivity index (χ2v) is 4.72. The summed E-state index contributed by atoms with van der Waals surface area (Å²) in [5.74, 6) is 1.01. The summed E-state index contributed by atoms with van der Waals surface area (Å²) in [6.45, 7) is 0.276. The first-order valence-corrected chi connectivity index (χ1v) is 7.15. The molecule has 4 heteroatoms. The van der Waals surface area contributed by atoms with E-state index in [1.807, 2.05) is 36.0 Å². The molecule has 1 rings (SSSR count). The summed E-state index contributed by atoms with van der Waals surface area (Å²) in [6.07, 6.45) is 4.08. The number of aliphatic hydroxyl groups excluding tert-OH is 1. The second-order valence-electron chi connectivity index (χ2n) is 3.73. The SMILES string of the molecule is CSCCCc1ccccc1C(=O)NCCO. The number of thioether (sulfide) groups is 1. The third kappa shape index (κ3) is 4.79. The molecule has 0 bridgehead atoms. The molecule has 0 aliphatic heterocycles. The van der Waals surface area contributed by atoms with Crippen molar-refractivity contribution in [3.63, 3.8) is 0 Å². The lowest BCUT2D eigenvalue weighted by Gasteiger charge is -2.09. The van der Waals surface area contributed by atoms with Gasteiger partial charge in [0.1, 0.15) is 0 Å². The van der Waals surface area contributed by atoms with Crippen LogP contribution in [0.1, 0.15) is 22.3 Å². The van der Waals surface area contributed by atoms with Crippen molar-refractivity contribution in [3.05, 3.63) is 35.4 Å². The maximum Gasteiger partial charge on any atom is 0.251 e. The first-order valence-electron chi connectivity index (χ1n) is 5.75. The average Bonchev–Trinajstić information content (AvgIpc) is 2.37. The normalized spacial score (nSPS) is 10.2. The zero-order chi connectivity index (χ0) is 12.5. The van der Waals surface area contributed by atoms with Gasteiger partial charge < -0.3 is 10.4 Å². The Balaban J connectivity index is 2.66. The van der Waals surface area contributed by atoms with E-state index in [-0.39, 0.29) is 12.5 Å². The summed E-state index contributed by atoms with van der Waals surface area (Å²) in [7, 11) is 0. The fourth-order valence-corrected chi connectivity index (χ4v) is 2.06. The van der Waals surface area contributed by atoms with E-state index in [0.29, 0.717) is 6.54 Å². The van der Waals surface area contributed by atoms with Crippen molar-refractivity contribution in [1.29, 1.82) is 0 Å². The minimum atomic E-state index is -0.0983. The number of aryl methyl sites for hydroxylation is 1. The van der Waals surface area contributed by atoms with Crippen LogP contribution in [-0.4, -0.2) is 36.2 Å². The zero-order valence-electron chi connectivity index (χ0n) is 10.1. The molecule has 0 unspecified atom stereocenters. The summed E-state index contributed by atoms with van der Waals surface area (Å²) in [4.78, 5) is 11.8. The Morgan fingerprint density at radius 3 is 2.88 bits per heavy atom. The van der Waals surface area contributed by atoms with Crippen LogP contribution in [0.3, 0.4) is 0 Å². The van der Waals surface area contributed by atoms with Crippen molar-refractivity contribution in [2.24, 2.45) is 0 Å². The molecule has 0 saturated heterocycles. The Morgan fingerprint density at radius 2 is 2.18 bits per heavy atom. The quantitative estimate of drug-likeness (QED) is 0.727. The van der Waals surface area contributed by atoms with Crippen LogP contribution in [0.5, 0.6) is 0 Å². The molecular weight excluding hydrogens is 234 g/mol. The largest absolute Gasteiger partial charge is 0.395 e. The molecule has 0 radical (unpaired) electrons. The maximum atomic E-state index is 11.8. The van der Waals surface area contributed by atoms with Crippen molar-refractivity contribution in [2.45, 2.75) is 12.8 Å². The molecule has 1 aromatic carbocycles. The van der Waals surface area contributed by atoms with E-state index in [9.17, 15) is 4.79 Å². The van der Waals surface area contributed by atoms with Crippen molar-refractivity contribution in [3.8, 4) is 0 Å². The van der Waals surface area contributed by atoms with Crippen LogP contribution < -0.4 is 5.32 Å². The van der Waals surface area contributed by atoms with Gasteiger partial charge >= 0.3 is 0 Å². The first-order chi connectivity index (χ1) is 8.29. The molecule has 2 N–H and O–H groups in total. The van der Waals surface area contributed by atoms with Crippen LogP contribution >= 0.6 is 11.8 Å². The highest BCUT2D eigenvalue weighted by Gasteiger charge is 2.09. The Bertz CT molecular complexity index is 355. The van der Waals surface area contributed by atoms with E-state index in [2.05, 4.69) is 11.6 Å². The van der Waals surface area contributed by atoms with E-state index < -0.39 is 0 Å². The van der Waals surface area contributed by atoms with Crippen LogP contribution in [0.4, 0.5) is 0 Å². The van der Waals surface area contributed by atoms with Crippen LogP contribution in [0.2, 0.25) is 0 Å². The number of amides is 1. The van der Waals surface area contributed by atoms with Crippen LogP contribution in [-0.2, 0) is 6.42 Å². The van der Waals surface area contributed by atoms with Crippen molar-refractivity contribution < 1.29 is 9.90 Å². The topological polar surface area (TPSA) is 49.3 Å². The smallest absolute Gasteiger partial charge is 0.251 e. The molecule has 1 amide bonds. The third-order valence-electron chi connectivity index (χ3n) is 2.45. The fraction of sp³-hybridized carbons (Fsp3) is 0.462. The van der Waals surface area contributed by atoms with Gasteiger partial charge in [-0.2, -0.15) is 11.8 Å². The summed E-state index contributed by atoms with van der Waals surface area (Å²) in [6, 6.07) is 7.65. The minimum Gasteiger partial charge on any atom is -0.395 e. The molecule has 0 aromatic heterocycles. The average molecular weight is 253 g/mol. The molecule has 3 nitrogen and oxygen atoms in total. The van der Waals surface area contributed by atoms with Gasteiger partial charge in [-0.15, -0.1) is 0 Å². The summed E-state index contributed by atoms with van der Waals surface area (Å²) in [5, 5.41) is 11.4. The standard InChI is InChI=1S/C13H19NO2S/c1-17-10-4-6-11-5-2-3-7-12(11)13(16)14-8-9-15/h2-3,5,7,15H,4,6,8-10H2,1H3,(H,14,16). The Kier molecular flexibility index (Phi) is 6.74. The van der Waals surface area contributed by atoms with E-state index in [4.69, 9.17) is 5.11 Å². The highest BCUT2D eigenvalue weighted by atomic mass is 32.2. The van der Waals surface area contributed by atoms with Crippen molar-refractivity contribution in [2.75, 3.05) is 25.2 Å². The van der Waals surface area contributed by atoms with Gasteiger partial charge in [0.2, 0.25) is 0 Å². The van der Waals surface area contributed by atoms with Gasteiger partial charge in [-0.1, -0.05) is 18.2 Å². The molecule has 94 valence electrons. The number of carbonyl (C=O) groups is 1. The van der Waals surface area contributed by atoms with Gasteiger partial charge in [0.15, 0.2) is 0 Å². The summed E-state index contributed by atoms with van der Waals surface area (Å²) < 4.78 is 0. The number of rotatable bonds is 7. The molecule has 0 spiro atoms. The third-order valence-corrected chi connectivity index (χ3v) is 3.15. The first kappa shape index (κ1) is 14.1. The van der Waals surface area contributed by atoms with Crippen LogP contribution in [0.15, 0.2) is 24.3 Å². The minimum absolute atomic E-state index is 0.0274. The van der Waals surface area contributed by atoms with E-state index in [1.54, 1.807) is 0 Å². The van der Waals surface area contributed by atoms with E-state index in [1.165, 1.54) is 0 Å². The highest BCUT2D eigenvalue weighted by molar-refractivity contribution is 7.98. The van der Waals surface area contributed by atoms with Gasteiger partial charge in [-0.05, 0) is 36.5 Å². The molecule has 17 heavy (non-hydrogen) atoms. The highest BCUT2D eigenvalue weighted by Crippen LogP contribution is 2.12. The second kappa shape index (κ2) is 8.14. The molecule has 0 fully saturated rings. The van der Waals surface area contributed by atoms with Gasteiger partial charge in [-0.25, -0.2) is 0 Å². The lowest BCUT2D eigenvalue weighted by atomic mass is 10.0. The van der Waals surface area contributed by atoms with Gasteiger partial charge in [0.05, 0.1) is 6.61 Å². The molecular formula is C13H19NO2S. The number of nitrogens with one attached hydrogen (secondary N) is 1. The van der Waals surface area contributed by atoms with Crippen molar-refractivity contribution in [1.82, 2.24) is 5.32 Å². The van der Waals surface area contributed by atoms with E-state index in [0.717, 1.165) is 29.7 Å². The summed E-state index contributed by atoms with van der Waals surface area (Å²) >= 11 is 1.82. The molecule has 0 heterocycles. The number of aliphatic hydroxyl groups is 1. The Hall–Kier alpha value is -1.00. The number of benzene rings is 1. The van der Waals surface area contributed by atoms with Crippen molar-refractivity contribution >= 4 is 17.7 Å². The predicted octanol–water partition coefficient (Wildman–Crippen LogP) is 1.70. The van der Waals surface area contributed by atoms with Crippen LogP contribution in [0.25, 0.3) is 0 Å². The Morgan fingerprint density at radius 1 is 1.41 bits per heavy atom. The number of hydrogen-bond acceptors (Lipinski definition) is 3.